The standard InChI is InChI=1S/C23H26N8O3/c1-23(2,3)34-22(32)30-10-9-17(11-30)33-21-20-19(24-13-25-21)18(12-29(20)4)15-5-7-16(8-6-15)31-14-26-27-28-31/h5-8,12-14,17H,9-11H2,1-4H3. The molecule has 0 N–H and O–H groups in total. The monoisotopic (exact) mass is 462 g/mol. The van der Waals surface area contributed by atoms with Crippen LogP contribution in [-0.2, 0) is 11.8 Å². The largest absolute Gasteiger partial charge is 0.471 e. The zero-order valence-electron chi connectivity index (χ0n) is 19.5. The summed E-state index contributed by atoms with van der Waals surface area (Å²) in [5.41, 5.74) is 3.91. The van der Waals surface area contributed by atoms with E-state index >= 15 is 0 Å². The molecule has 1 aliphatic heterocycles. The maximum Gasteiger partial charge on any atom is 0.410 e. The number of amides is 1. The summed E-state index contributed by atoms with van der Waals surface area (Å²) in [6.07, 6.45) is 5.30. The Labute approximate surface area is 196 Å². The first-order valence-electron chi connectivity index (χ1n) is 11.1. The third-order valence-electron chi connectivity index (χ3n) is 5.59. The number of likely N-dealkylation sites (tertiary alicyclic amines) is 1. The van der Waals surface area contributed by atoms with Gasteiger partial charge in [-0.2, -0.15) is 4.98 Å². The van der Waals surface area contributed by atoms with Crippen LogP contribution in [0.2, 0.25) is 0 Å². The van der Waals surface area contributed by atoms with Gasteiger partial charge in [-0.3, -0.25) is 0 Å². The summed E-state index contributed by atoms with van der Waals surface area (Å²) in [7, 11) is 1.94. The Morgan fingerprint density at radius 2 is 1.94 bits per heavy atom. The summed E-state index contributed by atoms with van der Waals surface area (Å²) in [5, 5.41) is 11.3. The Bertz CT molecular complexity index is 1310. The van der Waals surface area contributed by atoms with Gasteiger partial charge in [-0.15, -0.1) is 5.10 Å². The van der Waals surface area contributed by atoms with Crippen molar-refractivity contribution in [3.8, 4) is 22.7 Å². The van der Waals surface area contributed by atoms with Gasteiger partial charge in [0.25, 0.3) is 0 Å². The zero-order valence-corrected chi connectivity index (χ0v) is 19.5. The van der Waals surface area contributed by atoms with Crippen LogP contribution in [0.5, 0.6) is 5.88 Å². The first-order chi connectivity index (χ1) is 16.3. The van der Waals surface area contributed by atoms with E-state index in [1.807, 2.05) is 62.8 Å². The molecule has 176 valence electrons. The average molecular weight is 463 g/mol. The van der Waals surface area contributed by atoms with Crippen LogP contribution in [0.25, 0.3) is 27.8 Å². The fourth-order valence-corrected chi connectivity index (χ4v) is 4.04. The lowest BCUT2D eigenvalue weighted by Gasteiger charge is -2.24. The van der Waals surface area contributed by atoms with Gasteiger partial charge in [0.1, 0.15) is 35.4 Å². The summed E-state index contributed by atoms with van der Waals surface area (Å²) >= 11 is 0. The number of tetrazole rings is 1. The molecule has 11 heteroatoms. The Balaban J connectivity index is 1.37. The SMILES string of the molecule is Cn1cc(-c2ccc(-n3cnnn3)cc2)c2ncnc(OC3CCN(C(=O)OC(C)(C)C)C3)c21. The van der Waals surface area contributed by atoms with Crippen molar-refractivity contribution in [3.63, 3.8) is 0 Å². The topological polar surface area (TPSA) is 113 Å². The number of aryl methyl sites for hydroxylation is 1. The lowest BCUT2D eigenvalue weighted by Crippen LogP contribution is -2.36. The van der Waals surface area contributed by atoms with E-state index in [-0.39, 0.29) is 12.2 Å². The van der Waals surface area contributed by atoms with E-state index in [0.29, 0.717) is 25.4 Å². The molecule has 4 aromatic rings. The molecule has 34 heavy (non-hydrogen) atoms. The fraction of sp³-hybridized carbons (Fsp3) is 0.391. The minimum absolute atomic E-state index is 0.167. The molecule has 1 amide bonds. The molecule has 4 heterocycles. The maximum atomic E-state index is 12.4. The van der Waals surface area contributed by atoms with Gasteiger partial charge in [-0.25, -0.2) is 14.5 Å². The van der Waals surface area contributed by atoms with E-state index in [1.54, 1.807) is 15.9 Å². The summed E-state index contributed by atoms with van der Waals surface area (Å²) < 4.78 is 15.3. The van der Waals surface area contributed by atoms with Crippen LogP contribution >= 0.6 is 0 Å². The summed E-state index contributed by atoms with van der Waals surface area (Å²) in [5.74, 6) is 0.500. The molecule has 0 aliphatic carbocycles. The molecule has 0 spiro atoms. The van der Waals surface area contributed by atoms with E-state index < -0.39 is 5.60 Å². The van der Waals surface area contributed by atoms with Crippen LogP contribution in [0, 0.1) is 0 Å². The number of carbonyl (C=O) groups excluding carboxylic acids is 1. The Morgan fingerprint density at radius 1 is 1.15 bits per heavy atom. The lowest BCUT2D eigenvalue weighted by molar-refractivity contribution is 0.0275. The molecular formula is C23H26N8O3. The molecule has 1 aliphatic rings. The first-order valence-corrected chi connectivity index (χ1v) is 11.1. The van der Waals surface area contributed by atoms with Gasteiger partial charge in [0, 0.05) is 31.8 Å². The van der Waals surface area contributed by atoms with Gasteiger partial charge in [0.2, 0.25) is 5.88 Å². The number of rotatable bonds is 4. The predicted molar refractivity (Wildman–Crippen MR) is 123 cm³/mol. The molecule has 11 nitrogen and oxygen atoms in total. The van der Waals surface area contributed by atoms with E-state index in [4.69, 9.17) is 9.47 Å². The number of benzene rings is 1. The predicted octanol–water partition coefficient (Wildman–Crippen LogP) is 3.00. The highest BCUT2D eigenvalue weighted by atomic mass is 16.6. The van der Waals surface area contributed by atoms with Gasteiger partial charge >= 0.3 is 6.09 Å². The van der Waals surface area contributed by atoms with Crippen LogP contribution < -0.4 is 4.74 Å². The number of hydrogen-bond acceptors (Lipinski definition) is 8. The molecule has 1 fully saturated rings. The Kier molecular flexibility index (Phi) is 5.39. The van der Waals surface area contributed by atoms with Crippen LogP contribution in [0.4, 0.5) is 4.79 Å². The second-order valence-electron chi connectivity index (χ2n) is 9.29. The van der Waals surface area contributed by atoms with Gasteiger partial charge in [0.15, 0.2) is 0 Å². The van der Waals surface area contributed by atoms with E-state index in [2.05, 4.69) is 25.5 Å². The molecule has 1 atom stereocenters. The van der Waals surface area contributed by atoms with Gasteiger partial charge in [-0.1, -0.05) is 12.1 Å². The summed E-state index contributed by atoms with van der Waals surface area (Å²) in [4.78, 5) is 23.0. The van der Waals surface area contributed by atoms with Crippen LogP contribution in [0.3, 0.4) is 0 Å². The second kappa shape index (κ2) is 8.40. The number of aromatic nitrogens is 7. The molecular weight excluding hydrogens is 436 g/mol. The molecule has 1 aromatic carbocycles. The Hall–Kier alpha value is -4.02. The summed E-state index contributed by atoms with van der Waals surface area (Å²) in [6, 6.07) is 7.91. The van der Waals surface area contributed by atoms with Gasteiger partial charge in [0.05, 0.1) is 12.2 Å². The average Bonchev–Trinajstić information content (AvgIpc) is 3.54. The van der Waals surface area contributed by atoms with Crippen molar-refractivity contribution >= 4 is 17.1 Å². The first kappa shape index (κ1) is 21.8. The van der Waals surface area contributed by atoms with Crippen molar-refractivity contribution in [2.45, 2.75) is 38.9 Å². The van der Waals surface area contributed by atoms with Crippen LogP contribution in [0.15, 0.2) is 43.1 Å². The molecule has 0 radical (unpaired) electrons. The molecule has 3 aromatic heterocycles. The quantitative estimate of drug-likeness (QED) is 0.455. The maximum absolute atomic E-state index is 12.4. The third-order valence-corrected chi connectivity index (χ3v) is 5.59. The molecule has 0 bridgehead atoms. The Morgan fingerprint density at radius 3 is 2.65 bits per heavy atom. The molecule has 1 saturated heterocycles. The van der Waals surface area contributed by atoms with E-state index in [0.717, 1.165) is 27.8 Å². The fourth-order valence-electron chi connectivity index (χ4n) is 4.04. The van der Waals surface area contributed by atoms with Crippen LogP contribution in [-0.4, -0.2) is 70.5 Å². The zero-order chi connectivity index (χ0) is 23.9. The minimum atomic E-state index is -0.529. The van der Waals surface area contributed by atoms with Crippen molar-refractivity contribution in [2.75, 3.05) is 13.1 Å². The number of fused-ring (bicyclic) bond motifs is 1. The number of ether oxygens (including phenoxy) is 2. The van der Waals surface area contributed by atoms with Gasteiger partial charge < -0.3 is 18.9 Å². The minimum Gasteiger partial charge on any atom is -0.471 e. The third kappa shape index (κ3) is 4.28. The molecule has 0 saturated carbocycles. The van der Waals surface area contributed by atoms with Crippen molar-refractivity contribution < 1.29 is 14.3 Å². The van der Waals surface area contributed by atoms with E-state index in [9.17, 15) is 4.79 Å². The highest BCUT2D eigenvalue weighted by molar-refractivity contribution is 5.95. The normalized spacial score (nSPS) is 16.2. The van der Waals surface area contributed by atoms with Crippen molar-refractivity contribution in [3.05, 3.63) is 43.1 Å². The lowest BCUT2D eigenvalue weighted by atomic mass is 10.1. The van der Waals surface area contributed by atoms with E-state index in [1.165, 1.54) is 6.33 Å². The molecule has 1 unspecified atom stereocenters. The number of nitrogens with zero attached hydrogens (tertiary/aromatic N) is 8. The number of carbonyl (C=O) groups is 1. The highest BCUT2D eigenvalue weighted by Crippen LogP contribution is 2.33. The highest BCUT2D eigenvalue weighted by Gasteiger charge is 2.31. The summed E-state index contributed by atoms with van der Waals surface area (Å²) in [6.45, 7) is 6.62. The smallest absolute Gasteiger partial charge is 0.410 e. The van der Waals surface area contributed by atoms with Crippen molar-refractivity contribution in [2.24, 2.45) is 7.05 Å². The second-order valence-corrected chi connectivity index (χ2v) is 9.29. The van der Waals surface area contributed by atoms with Crippen LogP contribution in [0.1, 0.15) is 27.2 Å². The van der Waals surface area contributed by atoms with Gasteiger partial charge in [-0.05, 0) is 48.9 Å². The molecule has 5 rings (SSSR count). The van der Waals surface area contributed by atoms with Crippen molar-refractivity contribution in [1.29, 1.82) is 0 Å². The number of hydrogen-bond donors (Lipinski definition) is 0. The van der Waals surface area contributed by atoms with Crippen molar-refractivity contribution in [1.82, 2.24) is 39.6 Å².